The lowest BCUT2D eigenvalue weighted by Crippen LogP contribution is -2.36. The molecule has 1 unspecified atom stereocenters. The fourth-order valence-corrected chi connectivity index (χ4v) is 1.61. The molecule has 0 aliphatic heterocycles. The van der Waals surface area contributed by atoms with Gasteiger partial charge in [-0.05, 0) is 24.5 Å². The monoisotopic (exact) mass is 222 g/mol. The SMILES string of the molecule is CCCc1ccc(C(C)(CO)C(=O)O)cc1. The van der Waals surface area contributed by atoms with E-state index in [2.05, 4.69) is 6.92 Å². The molecule has 0 fully saturated rings. The lowest BCUT2D eigenvalue weighted by Gasteiger charge is -2.22. The number of aliphatic carboxylic acids is 1. The van der Waals surface area contributed by atoms with Gasteiger partial charge in [0.2, 0.25) is 0 Å². The molecule has 0 radical (unpaired) electrons. The third kappa shape index (κ3) is 2.42. The van der Waals surface area contributed by atoms with Gasteiger partial charge in [0.15, 0.2) is 0 Å². The van der Waals surface area contributed by atoms with Crippen molar-refractivity contribution < 1.29 is 15.0 Å². The second-order valence-electron chi connectivity index (χ2n) is 4.24. The van der Waals surface area contributed by atoms with E-state index in [-0.39, 0.29) is 0 Å². The first kappa shape index (κ1) is 12.7. The molecule has 0 spiro atoms. The molecule has 16 heavy (non-hydrogen) atoms. The molecule has 0 saturated carbocycles. The molecule has 0 aliphatic carbocycles. The Morgan fingerprint density at radius 2 is 1.88 bits per heavy atom. The number of rotatable bonds is 5. The van der Waals surface area contributed by atoms with E-state index in [1.807, 2.05) is 12.1 Å². The molecule has 0 aromatic heterocycles. The van der Waals surface area contributed by atoms with Crippen LogP contribution in [0.25, 0.3) is 0 Å². The van der Waals surface area contributed by atoms with Crippen molar-refractivity contribution in [3.63, 3.8) is 0 Å². The van der Waals surface area contributed by atoms with Gasteiger partial charge in [0.1, 0.15) is 5.41 Å². The Hall–Kier alpha value is -1.35. The minimum absolute atomic E-state index is 0.393. The highest BCUT2D eigenvalue weighted by Crippen LogP contribution is 2.24. The summed E-state index contributed by atoms with van der Waals surface area (Å²) < 4.78 is 0. The summed E-state index contributed by atoms with van der Waals surface area (Å²) in [6.45, 7) is 3.24. The third-order valence-electron chi connectivity index (χ3n) is 2.92. The maximum atomic E-state index is 11.1. The first-order valence-corrected chi connectivity index (χ1v) is 5.48. The minimum atomic E-state index is -1.20. The molecule has 1 aromatic rings. The van der Waals surface area contributed by atoms with Gasteiger partial charge in [-0.3, -0.25) is 4.79 Å². The Labute approximate surface area is 95.7 Å². The molecule has 88 valence electrons. The van der Waals surface area contributed by atoms with Crippen molar-refractivity contribution >= 4 is 5.97 Å². The zero-order chi connectivity index (χ0) is 12.2. The van der Waals surface area contributed by atoms with Crippen molar-refractivity contribution in [2.75, 3.05) is 6.61 Å². The molecule has 0 amide bonds. The number of aliphatic hydroxyl groups excluding tert-OH is 1. The van der Waals surface area contributed by atoms with Crippen LogP contribution < -0.4 is 0 Å². The predicted octanol–water partition coefficient (Wildman–Crippen LogP) is 1.97. The number of carbonyl (C=O) groups is 1. The van der Waals surface area contributed by atoms with E-state index in [0.29, 0.717) is 5.56 Å². The number of hydrogen-bond acceptors (Lipinski definition) is 2. The van der Waals surface area contributed by atoms with Crippen LogP contribution in [-0.4, -0.2) is 22.8 Å². The Morgan fingerprint density at radius 1 is 1.31 bits per heavy atom. The van der Waals surface area contributed by atoms with Gasteiger partial charge in [-0.1, -0.05) is 37.6 Å². The Bertz CT molecular complexity index is 356. The molecule has 0 saturated heterocycles. The van der Waals surface area contributed by atoms with Gasteiger partial charge in [-0.2, -0.15) is 0 Å². The van der Waals surface area contributed by atoms with E-state index in [0.717, 1.165) is 12.8 Å². The second-order valence-corrected chi connectivity index (χ2v) is 4.24. The van der Waals surface area contributed by atoms with Gasteiger partial charge in [0, 0.05) is 0 Å². The zero-order valence-electron chi connectivity index (χ0n) is 9.73. The Morgan fingerprint density at radius 3 is 2.25 bits per heavy atom. The van der Waals surface area contributed by atoms with Crippen LogP contribution in [0.3, 0.4) is 0 Å². The largest absolute Gasteiger partial charge is 0.481 e. The van der Waals surface area contributed by atoms with Crippen LogP contribution in [-0.2, 0) is 16.6 Å². The van der Waals surface area contributed by atoms with Crippen LogP contribution in [0.5, 0.6) is 0 Å². The molecule has 3 heteroatoms. The number of aryl methyl sites for hydroxylation is 1. The maximum Gasteiger partial charge on any atom is 0.316 e. The highest BCUT2D eigenvalue weighted by molar-refractivity contribution is 5.81. The molecule has 0 heterocycles. The number of carboxylic acid groups (broad SMARTS) is 1. The normalized spacial score (nSPS) is 14.4. The summed E-state index contributed by atoms with van der Waals surface area (Å²) in [5, 5.41) is 18.3. The van der Waals surface area contributed by atoms with Crippen LogP contribution >= 0.6 is 0 Å². The summed E-state index contributed by atoms with van der Waals surface area (Å²) >= 11 is 0. The van der Waals surface area contributed by atoms with E-state index in [9.17, 15) is 9.90 Å². The molecule has 1 atom stereocenters. The fourth-order valence-electron chi connectivity index (χ4n) is 1.61. The molecule has 1 aromatic carbocycles. The van der Waals surface area contributed by atoms with E-state index in [1.165, 1.54) is 12.5 Å². The smallest absolute Gasteiger partial charge is 0.316 e. The standard InChI is InChI=1S/C13H18O3/c1-3-4-10-5-7-11(8-6-10)13(2,9-14)12(15)16/h5-8,14H,3-4,9H2,1-2H3,(H,15,16). The van der Waals surface area contributed by atoms with Crippen molar-refractivity contribution in [1.29, 1.82) is 0 Å². The van der Waals surface area contributed by atoms with Crippen LogP contribution in [0.15, 0.2) is 24.3 Å². The van der Waals surface area contributed by atoms with Crippen LogP contribution in [0.1, 0.15) is 31.4 Å². The summed E-state index contributed by atoms with van der Waals surface area (Å²) in [4.78, 5) is 11.1. The molecular formula is C13H18O3. The first-order chi connectivity index (χ1) is 7.54. The van der Waals surface area contributed by atoms with E-state index < -0.39 is 18.0 Å². The molecule has 3 nitrogen and oxygen atoms in total. The summed E-state index contributed by atoms with van der Waals surface area (Å²) in [7, 11) is 0. The lowest BCUT2D eigenvalue weighted by atomic mass is 9.83. The average molecular weight is 222 g/mol. The highest BCUT2D eigenvalue weighted by Gasteiger charge is 2.34. The van der Waals surface area contributed by atoms with Crippen LogP contribution in [0.4, 0.5) is 0 Å². The quantitative estimate of drug-likeness (QED) is 0.800. The summed E-state index contributed by atoms with van der Waals surface area (Å²) in [5.41, 5.74) is 0.629. The van der Waals surface area contributed by atoms with Gasteiger partial charge in [0.05, 0.1) is 6.61 Å². The maximum absolute atomic E-state index is 11.1. The topological polar surface area (TPSA) is 57.5 Å². The Balaban J connectivity index is 2.99. The van der Waals surface area contributed by atoms with Crippen molar-refractivity contribution in [2.24, 2.45) is 0 Å². The molecule has 2 N–H and O–H groups in total. The van der Waals surface area contributed by atoms with E-state index in [1.54, 1.807) is 12.1 Å². The Kier molecular flexibility index (Phi) is 4.07. The zero-order valence-corrected chi connectivity index (χ0v) is 9.73. The van der Waals surface area contributed by atoms with Gasteiger partial charge in [-0.25, -0.2) is 0 Å². The van der Waals surface area contributed by atoms with Gasteiger partial charge < -0.3 is 10.2 Å². The van der Waals surface area contributed by atoms with E-state index >= 15 is 0 Å². The number of carboxylic acids is 1. The number of aliphatic hydroxyl groups is 1. The van der Waals surface area contributed by atoms with Crippen molar-refractivity contribution in [3.8, 4) is 0 Å². The fraction of sp³-hybridized carbons (Fsp3) is 0.462. The predicted molar refractivity (Wildman–Crippen MR) is 62.5 cm³/mol. The summed E-state index contributed by atoms with van der Waals surface area (Å²) in [5.74, 6) is -1.00. The van der Waals surface area contributed by atoms with E-state index in [4.69, 9.17) is 5.11 Å². The number of benzene rings is 1. The van der Waals surface area contributed by atoms with Crippen molar-refractivity contribution in [1.82, 2.24) is 0 Å². The van der Waals surface area contributed by atoms with Crippen molar-refractivity contribution in [3.05, 3.63) is 35.4 Å². The van der Waals surface area contributed by atoms with Gasteiger partial charge >= 0.3 is 5.97 Å². The third-order valence-corrected chi connectivity index (χ3v) is 2.92. The summed E-state index contributed by atoms with van der Waals surface area (Å²) in [6, 6.07) is 7.43. The van der Waals surface area contributed by atoms with Gasteiger partial charge in [0.25, 0.3) is 0 Å². The lowest BCUT2D eigenvalue weighted by molar-refractivity contribution is -0.144. The second kappa shape index (κ2) is 5.12. The van der Waals surface area contributed by atoms with Crippen molar-refractivity contribution in [2.45, 2.75) is 32.1 Å². The average Bonchev–Trinajstić information content (AvgIpc) is 2.29. The van der Waals surface area contributed by atoms with Crippen LogP contribution in [0.2, 0.25) is 0 Å². The van der Waals surface area contributed by atoms with Gasteiger partial charge in [-0.15, -0.1) is 0 Å². The first-order valence-electron chi connectivity index (χ1n) is 5.48. The molecular weight excluding hydrogens is 204 g/mol. The minimum Gasteiger partial charge on any atom is -0.481 e. The molecule has 1 rings (SSSR count). The summed E-state index contributed by atoms with van der Waals surface area (Å²) in [6.07, 6.45) is 2.05. The number of hydrogen-bond donors (Lipinski definition) is 2. The molecule has 0 bridgehead atoms. The molecule has 0 aliphatic rings. The van der Waals surface area contributed by atoms with Crippen LogP contribution in [0, 0.1) is 0 Å². The highest BCUT2D eigenvalue weighted by atomic mass is 16.4.